The van der Waals surface area contributed by atoms with Gasteiger partial charge in [0.1, 0.15) is 5.75 Å². The van der Waals surface area contributed by atoms with E-state index in [2.05, 4.69) is 12.2 Å². The van der Waals surface area contributed by atoms with Gasteiger partial charge in [0.15, 0.2) is 6.61 Å². The number of amides is 1. The Hall–Kier alpha value is -2.53. The number of halogens is 1. The zero-order valence-corrected chi connectivity index (χ0v) is 19.0. The molecule has 3 aliphatic rings. The van der Waals surface area contributed by atoms with Gasteiger partial charge in [-0.2, -0.15) is 0 Å². The molecule has 0 saturated heterocycles. The van der Waals surface area contributed by atoms with Crippen LogP contribution in [0.3, 0.4) is 0 Å². The fraction of sp³-hybridized carbons (Fsp3) is 0.462. The van der Waals surface area contributed by atoms with Gasteiger partial charge >= 0.3 is 5.97 Å². The average Bonchev–Trinajstić information content (AvgIpc) is 3.32. The minimum atomic E-state index is -1.02. The van der Waals surface area contributed by atoms with Gasteiger partial charge in [0.25, 0.3) is 5.91 Å². The van der Waals surface area contributed by atoms with Crippen molar-refractivity contribution in [3.8, 4) is 16.9 Å². The summed E-state index contributed by atoms with van der Waals surface area (Å²) >= 11 is 6.39. The van der Waals surface area contributed by atoms with Crippen LogP contribution >= 0.6 is 11.6 Å². The lowest BCUT2D eigenvalue weighted by Gasteiger charge is -2.40. The van der Waals surface area contributed by atoms with E-state index in [0.29, 0.717) is 21.8 Å². The fourth-order valence-electron chi connectivity index (χ4n) is 6.60. The molecule has 4 unspecified atom stereocenters. The van der Waals surface area contributed by atoms with Gasteiger partial charge in [0.2, 0.25) is 0 Å². The van der Waals surface area contributed by atoms with Crippen LogP contribution in [0.25, 0.3) is 11.1 Å². The number of ether oxygens (including phenoxy) is 1. The number of carbonyl (C=O) groups excluding carboxylic acids is 1. The molecule has 6 heteroatoms. The van der Waals surface area contributed by atoms with E-state index in [1.54, 1.807) is 18.2 Å². The second kappa shape index (κ2) is 7.80. The van der Waals surface area contributed by atoms with Gasteiger partial charge in [-0.3, -0.25) is 4.79 Å². The third-order valence-corrected chi connectivity index (χ3v) is 8.02. The van der Waals surface area contributed by atoms with Crippen molar-refractivity contribution < 1.29 is 19.4 Å². The second-order valence-electron chi connectivity index (χ2n) is 10.2. The Labute approximate surface area is 193 Å². The Morgan fingerprint density at radius 1 is 1.09 bits per heavy atom. The maximum atomic E-state index is 13.1. The molecule has 1 amide bonds. The average molecular weight is 454 g/mol. The van der Waals surface area contributed by atoms with E-state index in [4.69, 9.17) is 21.4 Å². The third-order valence-electron chi connectivity index (χ3n) is 7.69. The summed E-state index contributed by atoms with van der Waals surface area (Å²) < 4.78 is 5.19. The fourth-order valence-corrected chi connectivity index (χ4v) is 6.80. The molecule has 3 fully saturated rings. The molecule has 32 heavy (non-hydrogen) atoms. The molecule has 2 N–H and O–H groups in total. The molecular formula is C26H28ClNO4. The molecule has 2 bridgehead atoms. The first-order valence-corrected chi connectivity index (χ1v) is 11.7. The number of hydrogen-bond donors (Lipinski definition) is 2. The van der Waals surface area contributed by atoms with Gasteiger partial charge in [0, 0.05) is 6.54 Å². The molecule has 0 radical (unpaired) electrons. The number of aliphatic carboxylic acids is 1. The monoisotopic (exact) mass is 453 g/mol. The Kier molecular flexibility index (Phi) is 5.20. The molecule has 3 saturated carbocycles. The minimum absolute atomic E-state index is 0.125. The van der Waals surface area contributed by atoms with E-state index < -0.39 is 5.97 Å². The number of carboxylic acids is 1. The van der Waals surface area contributed by atoms with E-state index in [-0.39, 0.29) is 17.9 Å². The van der Waals surface area contributed by atoms with Crippen LogP contribution in [0.2, 0.25) is 5.02 Å². The van der Waals surface area contributed by atoms with Crippen molar-refractivity contribution in [2.24, 2.45) is 22.7 Å². The highest BCUT2D eigenvalue weighted by atomic mass is 35.5. The van der Waals surface area contributed by atoms with E-state index in [1.807, 2.05) is 24.3 Å². The van der Waals surface area contributed by atoms with Gasteiger partial charge < -0.3 is 15.2 Å². The molecule has 0 aliphatic heterocycles. The third kappa shape index (κ3) is 3.99. The number of carbonyl (C=O) groups is 2. The van der Waals surface area contributed by atoms with Crippen LogP contribution in [0.1, 0.15) is 49.4 Å². The summed E-state index contributed by atoms with van der Waals surface area (Å²) in [7, 11) is 0. The lowest BCUT2D eigenvalue weighted by atomic mass is 9.67. The van der Waals surface area contributed by atoms with E-state index in [1.165, 1.54) is 32.1 Å². The van der Waals surface area contributed by atoms with Crippen molar-refractivity contribution in [2.75, 3.05) is 13.2 Å². The molecule has 168 valence electrons. The Morgan fingerprint density at radius 2 is 1.84 bits per heavy atom. The van der Waals surface area contributed by atoms with Crippen LogP contribution in [-0.4, -0.2) is 30.1 Å². The van der Waals surface area contributed by atoms with Crippen LogP contribution in [-0.2, 0) is 4.79 Å². The summed E-state index contributed by atoms with van der Waals surface area (Å²) in [4.78, 5) is 23.7. The summed E-state index contributed by atoms with van der Waals surface area (Å²) in [5, 5.41) is 12.4. The SMILES string of the molecule is CC1CC2(CNC(=O)c3cc(-c4ccc(OCC(=O)O)cc4)ccc3Cl)CC3CC3(C1)C2. The minimum Gasteiger partial charge on any atom is -0.482 e. The second-order valence-corrected chi connectivity index (χ2v) is 10.6. The van der Waals surface area contributed by atoms with Crippen LogP contribution in [0.5, 0.6) is 5.75 Å². The Balaban J connectivity index is 1.27. The van der Waals surface area contributed by atoms with E-state index in [9.17, 15) is 9.59 Å². The number of fused-ring (bicyclic) bond motifs is 1. The van der Waals surface area contributed by atoms with Gasteiger partial charge in [-0.1, -0.05) is 36.7 Å². The van der Waals surface area contributed by atoms with Gasteiger partial charge in [-0.25, -0.2) is 4.79 Å². The van der Waals surface area contributed by atoms with Crippen molar-refractivity contribution in [3.05, 3.63) is 53.1 Å². The predicted molar refractivity (Wildman–Crippen MR) is 123 cm³/mol. The largest absolute Gasteiger partial charge is 0.482 e. The zero-order chi connectivity index (χ0) is 22.5. The first kappa shape index (κ1) is 21.3. The Bertz CT molecular complexity index is 1060. The normalized spacial score (nSPS) is 29.8. The molecule has 2 aromatic rings. The first-order chi connectivity index (χ1) is 15.3. The van der Waals surface area contributed by atoms with Gasteiger partial charge in [-0.15, -0.1) is 0 Å². The molecule has 4 atom stereocenters. The molecule has 0 aromatic heterocycles. The molecule has 1 spiro atoms. The Morgan fingerprint density at radius 3 is 2.59 bits per heavy atom. The van der Waals surface area contributed by atoms with Crippen molar-refractivity contribution >= 4 is 23.5 Å². The van der Waals surface area contributed by atoms with Crippen molar-refractivity contribution in [1.29, 1.82) is 0 Å². The quantitative estimate of drug-likeness (QED) is 0.587. The highest BCUT2D eigenvalue weighted by Crippen LogP contribution is 2.75. The summed E-state index contributed by atoms with van der Waals surface area (Å²) in [5.74, 6) is 0.951. The molecule has 5 nitrogen and oxygen atoms in total. The van der Waals surface area contributed by atoms with Crippen LogP contribution < -0.4 is 10.1 Å². The lowest BCUT2D eigenvalue weighted by Crippen LogP contribution is -2.40. The lowest BCUT2D eigenvalue weighted by molar-refractivity contribution is -0.139. The van der Waals surface area contributed by atoms with Crippen LogP contribution in [0.15, 0.2) is 42.5 Å². The van der Waals surface area contributed by atoms with Crippen molar-refractivity contribution in [2.45, 2.75) is 39.0 Å². The molecule has 5 rings (SSSR count). The van der Waals surface area contributed by atoms with Crippen molar-refractivity contribution in [1.82, 2.24) is 5.32 Å². The molecule has 3 aliphatic carbocycles. The summed E-state index contributed by atoms with van der Waals surface area (Å²) in [5.41, 5.74) is 3.09. The smallest absolute Gasteiger partial charge is 0.341 e. The van der Waals surface area contributed by atoms with Crippen LogP contribution in [0.4, 0.5) is 0 Å². The molecule has 2 aromatic carbocycles. The highest BCUT2D eigenvalue weighted by molar-refractivity contribution is 6.34. The number of benzene rings is 2. The molecule has 0 heterocycles. The predicted octanol–water partition coefficient (Wildman–Crippen LogP) is 5.42. The van der Waals surface area contributed by atoms with E-state index >= 15 is 0 Å². The number of nitrogens with one attached hydrogen (secondary N) is 1. The first-order valence-electron chi connectivity index (χ1n) is 11.3. The molecular weight excluding hydrogens is 426 g/mol. The van der Waals surface area contributed by atoms with Gasteiger partial charge in [-0.05, 0) is 90.2 Å². The maximum Gasteiger partial charge on any atom is 0.341 e. The zero-order valence-electron chi connectivity index (χ0n) is 18.2. The summed E-state index contributed by atoms with van der Waals surface area (Å²) in [6, 6.07) is 12.6. The number of carboxylic acid groups (broad SMARTS) is 1. The van der Waals surface area contributed by atoms with Crippen LogP contribution in [0, 0.1) is 22.7 Å². The number of rotatable bonds is 7. The summed E-state index contributed by atoms with van der Waals surface area (Å²) in [6.07, 6.45) is 6.47. The van der Waals surface area contributed by atoms with Crippen molar-refractivity contribution in [3.63, 3.8) is 0 Å². The summed E-state index contributed by atoms with van der Waals surface area (Å²) in [6.45, 7) is 2.70. The highest BCUT2D eigenvalue weighted by Gasteiger charge is 2.67. The van der Waals surface area contributed by atoms with E-state index in [0.717, 1.165) is 29.5 Å². The van der Waals surface area contributed by atoms with Gasteiger partial charge in [0.05, 0.1) is 10.6 Å². The maximum absolute atomic E-state index is 13.1. The number of hydrogen-bond acceptors (Lipinski definition) is 3. The standard InChI is InChI=1S/C26H28ClNO4/c1-16-9-25(11-19-12-26(19,10-16)14-25)15-28-24(31)21-8-18(4-7-22(21)27)17-2-5-20(6-3-17)32-13-23(29)30/h2-8,16,19H,9-15H2,1H3,(H,28,31)(H,29,30). The topological polar surface area (TPSA) is 75.6 Å².